The Labute approximate surface area is 269 Å². The van der Waals surface area contributed by atoms with Crippen LogP contribution in [0.15, 0.2) is 59.9 Å². The van der Waals surface area contributed by atoms with Crippen molar-refractivity contribution in [2.24, 2.45) is 11.8 Å². The summed E-state index contributed by atoms with van der Waals surface area (Å²) < 4.78 is 37.4. The molecule has 9 heteroatoms. The lowest BCUT2D eigenvalue weighted by Crippen LogP contribution is -2.65. The van der Waals surface area contributed by atoms with E-state index in [0.717, 1.165) is 5.56 Å². The van der Waals surface area contributed by atoms with Gasteiger partial charge in [-0.3, -0.25) is 9.59 Å². The highest BCUT2D eigenvalue weighted by atomic mass is 28.4. The molecule has 4 rings (SSSR count). The Bertz CT molecular complexity index is 1370. The Morgan fingerprint density at radius 2 is 1.38 bits per heavy atom. The highest BCUT2D eigenvalue weighted by molar-refractivity contribution is 6.77. The number of carbonyl (C=O) groups is 2. The van der Waals surface area contributed by atoms with Crippen LogP contribution in [-0.2, 0) is 23.4 Å². The largest absolute Gasteiger partial charge is 0.500 e. The van der Waals surface area contributed by atoms with E-state index in [9.17, 15) is 9.59 Å². The smallest absolute Gasteiger partial charge is 0.200 e. The van der Waals surface area contributed by atoms with Crippen LogP contribution in [0.1, 0.15) is 69.8 Å². The summed E-state index contributed by atoms with van der Waals surface area (Å²) in [6.45, 7) is 13.5. The molecule has 2 aliphatic rings. The second-order valence-corrected chi connectivity index (χ2v) is 18.4. The van der Waals surface area contributed by atoms with Crippen molar-refractivity contribution >= 4 is 19.9 Å². The van der Waals surface area contributed by atoms with Crippen LogP contribution in [0, 0.1) is 11.8 Å². The molecule has 2 bridgehead atoms. The minimum absolute atomic E-state index is 0.0347. The van der Waals surface area contributed by atoms with Crippen LogP contribution >= 0.6 is 0 Å². The number of rotatable bonds is 13. The molecule has 0 N–H and O–H groups in total. The summed E-state index contributed by atoms with van der Waals surface area (Å²) in [6, 6.07) is 14.6. The lowest BCUT2D eigenvalue weighted by atomic mass is 9.58. The first-order valence-corrected chi connectivity index (χ1v) is 18.0. The van der Waals surface area contributed by atoms with Crippen molar-refractivity contribution in [3.8, 4) is 11.5 Å². The Morgan fingerprint density at radius 3 is 1.87 bits per heavy atom. The molecular weight excluding hydrogens is 588 g/mol. The number of methoxy groups -OCH3 is 5. The van der Waals surface area contributed by atoms with E-state index < -0.39 is 38.0 Å². The molecule has 2 aromatic rings. The maximum absolute atomic E-state index is 14.6. The van der Waals surface area contributed by atoms with Crippen molar-refractivity contribution in [1.82, 2.24) is 0 Å². The molecule has 45 heavy (non-hydrogen) atoms. The van der Waals surface area contributed by atoms with E-state index in [0.29, 0.717) is 40.1 Å². The molecule has 0 saturated heterocycles. The molecule has 0 heterocycles. The molecule has 0 spiro atoms. The van der Waals surface area contributed by atoms with Crippen molar-refractivity contribution in [2.45, 2.75) is 82.4 Å². The fourth-order valence-corrected chi connectivity index (χ4v) is 14.0. The fourth-order valence-electron chi connectivity index (χ4n) is 8.38. The molecule has 0 amide bonds. The Kier molecular flexibility index (Phi) is 10.7. The zero-order valence-corrected chi connectivity index (χ0v) is 29.6. The highest BCUT2D eigenvalue weighted by Crippen LogP contribution is 2.59. The summed E-state index contributed by atoms with van der Waals surface area (Å²) in [5, 5.41) is 0. The van der Waals surface area contributed by atoms with E-state index in [-0.39, 0.29) is 22.9 Å². The summed E-state index contributed by atoms with van der Waals surface area (Å²) in [5.74, 6) is -2.67. The zero-order valence-electron chi connectivity index (χ0n) is 28.6. The lowest BCUT2D eigenvalue weighted by Gasteiger charge is -2.57. The first-order chi connectivity index (χ1) is 21.4. The van der Waals surface area contributed by atoms with E-state index in [1.807, 2.05) is 24.3 Å². The van der Waals surface area contributed by atoms with Crippen molar-refractivity contribution in [3.05, 3.63) is 71.0 Å². The van der Waals surface area contributed by atoms with Crippen LogP contribution in [0.25, 0.3) is 0 Å². The van der Waals surface area contributed by atoms with E-state index >= 15 is 0 Å². The third kappa shape index (κ3) is 5.66. The molecule has 0 aliphatic heterocycles. The summed E-state index contributed by atoms with van der Waals surface area (Å²) in [7, 11) is 5.35. The van der Waals surface area contributed by atoms with Crippen molar-refractivity contribution in [3.63, 3.8) is 0 Å². The average Bonchev–Trinajstić information content (AvgIpc) is 3.03. The van der Waals surface area contributed by atoms with Gasteiger partial charge < -0.3 is 28.1 Å². The molecule has 1 fully saturated rings. The van der Waals surface area contributed by atoms with Gasteiger partial charge in [-0.2, -0.15) is 0 Å². The first kappa shape index (κ1) is 34.9. The SMILES string of the molecule is COC1=C(C(=O)c2ccccc2)C(=O)[C@@H]2C[C@H](O[Si](C(C)C)(C(C)C)C(C)C)[C@@H](c3ccc(OC)c(OC)c3)[C@@H]1C2(OC)OC. The number of ketones is 2. The van der Waals surface area contributed by atoms with Crippen LogP contribution in [0.3, 0.4) is 0 Å². The third-order valence-corrected chi connectivity index (χ3v) is 16.3. The Hall–Kier alpha value is -2.98. The molecule has 8 nitrogen and oxygen atoms in total. The topological polar surface area (TPSA) is 89.5 Å². The van der Waals surface area contributed by atoms with E-state index in [1.165, 1.54) is 7.11 Å². The number of allylic oxidation sites excluding steroid dienone is 1. The molecule has 2 aromatic carbocycles. The van der Waals surface area contributed by atoms with Gasteiger partial charge in [-0.15, -0.1) is 0 Å². The van der Waals surface area contributed by atoms with Crippen LogP contribution in [0.4, 0.5) is 0 Å². The Balaban J connectivity index is 2.07. The van der Waals surface area contributed by atoms with E-state index in [4.69, 9.17) is 28.1 Å². The quantitative estimate of drug-likeness (QED) is 0.0975. The molecule has 2 aliphatic carbocycles. The summed E-state index contributed by atoms with van der Waals surface area (Å²) in [4.78, 5) is 28.7. The van der Waals surface area contributed by atoms with Crippen molar-refractivity contribution in [1.29, 1.82) is 0 Å². The number of hydrogen-bond acceptors (Lipinski definition) is 8. The molecule has 0 unspecified atom stereocenters. The molecule has 1 saturated carbocycles. The van der Waals surface area contributed by atoms with Gasteiger partial charge in [0.25, 0.3) is 0 Å². The second-order valence-electron chi connectivity index (χ2n) is 13.0. The van der Waals surface area contributed by atoms with Gasteiger partial charge in [0.1, 0.15) is 11.3 Å². The molecule has 4 atom stereocenters. The zero-order chi connectivity index (χ0) is 33.3. The standard InChI is InChI=1S/C36H50O8Si/c1-21(2)45(22(3)4,23(5)6)44-29-20-26-34(38)31(33(37)24-15-13-12-14-16-24)35(41-9)32(36(26,42-10)43-11)30(29)25-17-18-27(39-7)28(19-25)40-8/h12-19,21-23,26,29-30,32H,20H2,1-11H3/t26-,29-,30+,32-/m0/s1. The monoisotopic (exact) mass is 638 g/mol. The maximum Gasteiger partial charge on any atom is 0.200 e. The van der Waals surface area contributed by atoms with Gasteiger partial charge in [0.2, 0.25) is 8.32 Å². The average molecular weight is 639 g/mol. The summed E-state index contributed by atoms with van der Waals surface area (Å²) in [5.41, 5.74) is 2.26. The van der Waals surface area contributed by atoms with Crippen LogP contribution in [0.2, 0.25) is 16.6 Å². The van der Waals surface area contributed by atoms with Gasteiger partial charge in [0, 0.05) is 25.7 Å². The van der Waals surface area contributed by atoms with Crippen LogP contribution < -0.4 is 9.47 Å². The van der Waals surface area contributed by atoms with Gasteiger partial charge in [0.15, 0.2) is 28.9 Å². The minimum Gasteiger partial charge on any atom is -0.500 e. The number of fused-ring (bicyclic) bond motifs is 2. The van der Waals surface area contributed by atoms with E-state index in [2.05, 4.69) is 41.5 Å². The van der Waals surface area contributed by atoms with E-state index in [1.54, 1.807) is 52.7 Å². The second kappa shape index (κ2) is 13.8. The Morgan fingerprint density at radius 1 is 0.800 bits per heavy atom. The first-order valence-electron chi connectivity index (χ1n) is 15.8. The molecule has 246 valence electrons. The molecule has 0 aromatic heterocycles. The lowest BCUT2D eigenvalue weighted by molar-refractivity contribution is -0.290. The van der Waals surface area contributed by atoms with Crippen LogP contribution in [-0.4, -0.2) is 67.3 Å². The number of ether oxygens (including phenoxy) is 5. The number of Topliss-reactive ketones (excluding diaryl/α,β-unsaturated/α-hetero) is 2. The third-order valence-electron chi connectivity index (χ3n) is 10.2. The summed E-state index contributed by atoms with van der Waals surface area (Å²) in [6.07, 6.45) is -0.0997. The highest BCUT2D eigenvalue weighted by Gasteiger charge is 2.66. The number of hydrogen-bond donors (Lipinski definition) is 0. The fraction of sp³-hybridized carbons (Fsp3) is 0.556. The van der Waals surface area contributed by atoms with Crippen LogP contribution in [0.5, 0.6) is 11.5 Å². The van der Waals surface area contributed by atoms with Crippen molar-refractivity contribution < 1.29 is 37.7 Å². The summed E-state index contributed by atoms with van der Waals surface area (Å²) >= 11 is 0. The number of benzene rings is 2. The van der Waals surface area contributed by atoms with Gasteiger partial charge >= 0.3 is 0 Å². The predicted molar refractivity (Wildman–Crippen MR) is 176 cm³/mol. The van der Waals surface area contributed by atoms with Gasteiger partial charge in [-0.25, -0.2) is 0 Å². The van der Waals surface area contributed by atoms with Gasteiger partial charge in [0.05, 0.1) is 39.3 Å². The molecular formula is C36H50O8Si. The van der Waals surface area contributed by atoms with Gasteiger partial charge in [-0.1, -0.05) is 77.9 Å². The van der Waals surface area contributed by atoms with Crippen molar-refractivity contribution in [2.75, 3.05) is 35.5 Å². The maximum atomic E-state index is 14.6. The molecule has 0 radical (unpaired) electrons. The minimum atomic E-state index is -2.46. The predicted octanol–water partition coefficient (Wildman–Crippen LogP) is 7.34. The normalized spacial score (nSPS) is 23.1. The van der Waals surface area contributed by atoms with Gasteiger partial charge in [-0.05, 0) is 40.7 Å². The number of carbonyl (C=O) groups excluding carboxylic acids is 2.